The number of hydrogen-bond donors (Lipinski definition) is 3. The zero-order valence-corrected chi connectivity index (χ0v) is 22.3. The van der Waals surface area contributed by atoms with E-state index in [0.29, 0.717) is 18.3 Å². The molecule has 1 aromatic rings. The van der Waals surface area contributed by atoms with Crippen LogP contribution in [0.1, 0.15) is 39.2 Å². The largest absolute Gasteiger partial charge is 0.509 e. The van der Waals surface area contributed by atoms with Crippen LogP contribution in [-0.4, -0.2) is 64.8 Å². The highest BCUT2D eigenvalue weighted by Gasteiger charge is 2.68. The number of methoxy groups -OCH3 is 1. The van der Waals surface area contributed by atoms with Crippen LogP contribution >= 0.6 is 0 Å². The molecule has 8 atom stereocenters. The van der Waals surface area contributed by atoms with Gasteiger partial charge in [0.1, 0.15) is 11.9 Å². The van der Waals surface area contributed by atoms with Crippen LogP contribution in [0.3, 0.4) is 0 Å². The highest BCUT2D eigenvalue weighted by atomic mass is 16.7. The van der Waals surface area contributed by atoms with Crippen LogP contribution in [-0.2, 0) is 30.3 Å². The fraction of sp³-hybridized carbons (Fsp3) is 0.517. The molecule has 1 aromatic carbocycles. The summed E-state index contributed by atoms with van der Waals surface area (Å²) >= 11 is 0. The molecule has 9 nitrogen and oxygen atoms in total. The van der Waals surface area contributed by atoms with Gasteiger partial charge in [-0.25, -0.2) is 4.79 Å². The first-order valence-electron chi connectivity index (χ1n) is 12.8. The first-order valence-corrected chi connectivity index (χ1v) is 12.8. The van der Waals surface area contributed by atoms with Gasteiger partial charge in [0.2, 0.25) is 5.60 Å². The number of fused-ring (bicyclic) bond motifs is 1. The molecule has 9 heteroatoms. The smallest absolute Gasteiger partial charge is 0.438 e. The molecule has 0 radical (unpaired) electrons. The van der Waals surface area contributed by atoms with Gasteiger partial charge in [0.05, 0.1) is 19.1 Å². The predicted octanol–water partition coefficient (Wildman–Crippen LogP) is 2.54. The Kier molecular flexibility index (Phi) is 8.94. The lowest BCUT2D eigenvalue weighted by atomic mass is 9.59. The van der Waals surface area contributed by atoms with Crippen LogP contribution in [0, 0.1) is 23.7 Å². The third-order valence-electron chi connectivity index (χ3n) is 7.95. The van der Waals surface area contributed by atoms with Crippen molar-refractivity contribution in [1.82, 2.24) is 5.32 Å². The number of allylic oxidation sites excluding steroid dienone is 1. The Balaban J connectivity index is 1.98. The molecule has 0 unspecified atom stereocenters. The number of Topliss-reactive ketones (excluding diaryl/α,β-unsaturated/α-hetero) is 1. The quantitative estimate of drug-likeness (QED) is 0.240. The average Bonchev–Trinajstić information content (AvgIpc) is 3.15. The summed E-state index contributed by atoms with van der Waals surface area (Å²) in [6.45, 7) is 8.85. The summed E-state index contributed by atoms with van der Waals surface area (Å²) in [7, 11) is 1.15. The van der Waals surface area contributed by atoms with Gasteiger partial charge in [-0.2, -0.15) is 0 Å². The standard InChI is InChI=1S/C29H37NO8/c1-17(25(33)28(4,36)14-15-31)10-9-13-21-24(32)19(3)18(2)23-22(16-20-11-7-6-8-12-20)30-26(34)29(21,23)38-27(35)37-5/h6-9,11-13,15,17-18,21-24,32,36H,3,10,14,16H2,1-2,4-5H3,(H,30,34)/b13-9+/t17-,18+,21-,22-,23-,24+,28+,29+/m1/s1. The number of amides is 1. The van der Waals surface area contributed by atoms with Crippen LogP contribution in [0.2, 0.25) is 0 Å². The van der Waals surface area contributed by atoms with Gasteiger partial charge in [-0.3, -0.25) is 9.59 Å². The highest BCUT2D eigenvalue weighted by molar-refractivity contribution is 5.92. The molecule has 3 N–H and O–H groups in total. The van der Waals surface area contributed by atoms with Gasteiger partial charge in [-0.05, 0) is 36.8 Å². The summed E-state index contributed by atoms with van der Waals surface area (Å²) in [5.74, 6) is -3.65. The molecule has 1 aliphatic heterocycles. The van der Waals surface area contributed by atoms with Gasteiger partial charge in [0.15, 0.2) is 5.78 Å². The molecule has 1 amide bonds. The van der Waals surface area contributed by atoms with E-state index in [-0.39, 0.29) is 18.8 Å². The first kappa shape index (κ1) is 29.3. The number of ether oxygens (including phenoxy) is 2. The molecule has 2 fully saturated rings. The molecular weight excluding hydrogens is 490 g/mol. The number of hydrogen-bond acceptors (Lipinski definition) is 8. The summed E-state index contributed by atoms with van der Waals surface area (Å²) in [4.78, 5) is 49.6. The van der Waals surface area contributed by atoms with Crippen LogP contribution in [0.15, 0.2) is 54.6 Å². The Morgan fingerprint density at radius 3 is 2.55 bits per heavy atom. The van der Waals surface area contributed by atoms with E-state index >= 15 is 0 Å². The maximum atomic E-state index is 13.7. The Labute approximate surface area is 222 Å². The van der Waals surface area contributed by atoms with Crippen molar-refractivity contribution in [3.63, 3.8) is 0 Å². The van der Waals surface area contributed by atoms with Crippen molar-refractivity contribution in [3.8, 4) is 0 Å². The number of aldehydes is 1. The van der Waals surface area contributed by atoms with Gasteiger partial charge >= 0.3 is 6.16 Å². The minimum Gasteiger partial charge on any atom is -0.438 e. The summed E-state index contributed by atoms with van der Waals surface area (Å²) in [6.07, 6.45) is 1.73. The number of carbonyl (C=O) groups is 4. The molecule has 1 saturated heterocycles. The number of aliphatic hydroxyl groups is 2. The lowest BCUT2D eigenvalue weighted by Crippen LogP contribution is -2.61. The molecule has 3 rings (SSSR count). The summed E-state index contributed by atoms with van der Waals surface area (Å²) in [6, 6.07) is 9.17. The monoisotopic (exact) mass is 527 g/mol. The molecule has 0 bridgehead atoms. The molecule has 1 heterocycles. The Morgan fingerprint density at radius 1 is 1.29 bits per heavy atom. The average molecular weight is 528 g/mol. The summed E-state index contributed by atoms with van der Waals surface area (Å²) in [5, 5.41) is 24.6. The highest BCUT2D eigenvalue weighted by Crippen LogP contribution is 2.52. The molecule has 1 saturated carbocycles. The van der Waals surface area contributed by atoms with Crippen LogP contribution in [0.5, 0.6) is 0 Å². The second-order valence-electron chi connectivity index (χ2n) is 10.6. The van der Waals surface area contributed by atoms with Crippen molar-refractivity contribution in [3.05, 3.63) is 60.2 Å². The van der Waals surface area contributed by atoms with Gasteiger partial charge in [0, 0.05) is 24.3 Å². The van der Waals surface area contributed by atoms with E-state index in [0.717, 1.165) is 12.7 Å². The van der Waals surface area contributed by atoms with Gasteiger partial charge in [0.25, 0.3) is 5.91 Å². The van der Waals surface area contributed by atoms with E-state index in [1.807, 2.05) is 37.3 Å². The zero-order chi connectivity index (χ0) is 28.3. The van der Waals surface area contributed by atoms with Crippen LogP contribution in [0.25, 0.3) is 0 Å². The Bertz CT molecular complexity index is 1100. The number of ketones is 1. The molecule has 0 aromatic heterocycles. The number of aliphatic hydroxyl groups excluding tert-OH is 1. The number of rotatable bonds is 10. The minimum atomic E-state index is -1.79. The van der Waals surface area contributed by atoms with Crippen molar-refractivity contribution in [1.29, 1.82) is 0 Å². The van der Waals surface area contributed by atoms with E-state index < -0.39 is 58.9 Å². The maximum absolute atomic E-state index is 13.7. The number of benzene rings is 1. The molecular formula is C29H37NO8. The van der Waals surface area contributed by atoms with Crippen molar-refractivity contribution in [2.45, 2.75) is 63.4 Å². The summed E-state index contributed by atoms with van der Waals surface area (Å²) in [5.41, 5.74) is -2.09. The third kappa shape index (κ3) is 5.44. The molecule has 1 aliphatic carbocycles. The second-order valence-corrected chi connectivity index (χ2v) is 10.6. The Hall–Kier alpha value is -3.30. The van der Waals surface area contributed by atoms with Crippen molar-refractivity contribution < 1.29 is 38.9 Å². The number of carbonyl (C=O) groups excluding carboxylic acids is 4. The molecule has 206 valence electrons. The first-order chi connectivity index (χ1) is 17.9. The topological polar surface area (TPSA) is 139 Å². The van der Waals surface area contributed by atoms with E-state index in [1.54, 1.807) is 19.1 Å². The van der Waals surface area contributed by atoms with Crippen LogP contribution in [0.4, 0.5) is 4.79 Å². The van der Waals surface area contributed by atoms with E-state index in [2.05, 4.69) is 11.9 Å². The minimum absolute atomic E-state index is 0.160. The maximum Gasteiger partial charge on any atom is 0.509 e. The third-order valence-corrected chi connectivity index (χ3v) is 7.95. The van der Waals surface area contributed by atoms with Gasteiger partial charge in [-0.15, -0.1) is 0 Å². The SMILES string of the molecule is C=C1[C@H](C)[C@@H]2[C@@H](Cc3ccccc3)NC(=O)[C@]2(OC(=O)OC)[C@H](/C=C/C[C@@H](C)C(=O)[C@@](C)(O)CC=O)[C@H]1O. The van der Waals surface area contributed by atoms with Crippen molar-refractivity contribution in [2.75, 3.05) is 7.11 Å². The van der Waals surface area contributed by atoms with E-state index in [1.165, 1.54) is 6.92 Å². The van der Waals surface area contributed by atoms with Crippen molar-refractivity contribution >= 4 is 24.1 Å². The zero-order valence-electron chi connectivity index (χ0n) is 22.3. The van der Waals surface area contributed by atoms with Gasteiger partial charge in [-0.1, -0.05) is 62.9 Å². The summed E-state index contributed by atoms with van der Waals surface area (Å²) < 4.78 is 10.5. The lowest BCUT2D eigenvalue weighted by Gasteiger charge is -2.48. The normalized spacial score (nSPS) is 31.2. The van der Waals surface area contributed by atoms with Gasteiger partial charge < -0.3 is 29.8 Å². The lowest BCUT2D eigenvalue weighted by molar-refractivity contribution is -0.159. The van der Waals surface area contributed by atoms with E-state index in [4.69, 9.17) is 9.47 Å². The molecule has 38 heavy (non-hydrogen) atoms. The molecule has 2 aliphatic rings. The van der Waals surface area contributed by atoms with Crippen molar-refractivity contribution in [2.24, 2.45) is 23.7 Å². The predicted molar refractivity (Wildman–Crippen MR) is 139 cm³/mol. The number of nitrogens with one attached hydrogen (secondary N) is 1. The Morgan fingerprint density at radius 2 is 1.95 bits per heavy atom. The fourth-order valence-corrected chi connectivity index (χ4v) is 5.87. The van der Waals surface area contributed by atoms with E-state index in [9.17, 15) is 29.4 Å². The second kappa shape index (κ2) is 11.6. The molecule has 0 spiro atoms. The fourth-order valence-electron chi connectivity index (χ4n) is 5.87. The van der Waals surface area contributed by atoms with Crippen LogP contribution < -0.4 is 5.32 Å².